The van der Waals surface area contributed by atoms with E-state index in [1.54, 1.807) is 0 Å². The van der Waals surface area contributed by atoms with E-state index in [-0.39, 0.29) is 5.54 Å². The van der Waals surface area contributed by atoms with Crippen molar-refractivity contribution in [1.82, 2.24) is 10.2 Å². The molecule has 0 aromatic rings. The maximum absolute atomic E-state index is 5.60. The zero-order valence-electron chi connectivity index (χ0n) is 13.2. The highest BCUT2D eigenvalue weighted by molar-refractivity contribution is 4.69. The Morgan fingerprint density at radius 1 is 0.889 bits per heavy atom. The van der Waals surface area contributed by atoms with Gasteiger partial charge in [0.25, 0.3) is 0 Å². The van der Waals surface area contributed by atoms with Crippen LogP contribution >= 0.6 is 0 Å². The average Bonchev–Trinajstić information content (AvgIpc) is 2.24. The molecule has 18 heavy (non-hydrogen) atoms. The predicted octanol–water partition coefficient (Wildman–Crippen LogP) is 2.90. The summed E-state index contributed by atoms with van der Waals surface area (Å²) in [6.07, 6.45) is 6.22. The fraction of sp³-hybridized carbons (Fsp3) is 1.00. The van der Waals surface area contributed by atoms with Crippen LogP contribution in [0, 0.1) is 0 Å². The van der Waals surface area contributed by atoms with E-state index in [9.17, 15) is 0 Å². The van der Waals surface area contributed by atoms with Gasteiger partial charge in [-0.2, -0.15) is 0 Å². The summed E-state index contributed by atoms with van der Waals surface area (Å²) < 4.78 is 5.60. The summed E-state index contributed by atoms with van der Waals surface area (Å²) in [5, 5.41) is 3.52. The van der Waals surface area contributed by atoms with Gasteiger partial charge in [0, 0.05) is 18.8 Å². The first kappa shape index (κ1) is 17.9. The monoisotopic (exact) mass is 258 g/mol. The van der Waals surface area contributed by atoms with Crippen LogP contribution in [0.2, 0.25) is 0 Å². The number of ether oxygens (including phenoxy) is 1. The van der Waals surface area contributed by atoms with Crippen LogP contribution in [0.3, 0.4) is 0 Å². The predicted molar refractivity (Wildman–Crippen MR) is 80.2 cm³/mol. The van der Waals surface area contributed by atoms with Crippen molar-refractivity contribution in [3.8, 4) is 0 Å². The van der Waals surface area contributed by atoms with Gasteiger partial charge in [0.2, 0.25) is 0 Å². The Hall–Kier alpha value is -0.120. The summed E-state index contributed by atoms with van der Waals surface area (Å²) in [6.45, 7) is 10.7. The topological polar surface area (TPSA) is 24.5 Å². The molecule has 0 spiro atoms. The summed E-state index contributed by atoms with van der Waals surface area (Å²) in [7, 11) is 4.21. The summed E-state index contributed by atoms with van der Waals surface area (Å²) in [5.74, 6) is 0. The summed E-state index contributed by atoms with van der Waals surface area (Å²) >= 11 is 0. The Labute approximate surface area is 114 Å². The molecular formula is C15H34N2O. The van der Waals surface area contributed by atoms with E-state index >= 15 is 0 Å². The van der Waals surface area contributed by atoms with Gasteiger partial charge in [0.15, 0.2) is 0 Å². The summed E-state index contributed by atoms with van der Waals surface area (Å²) in [5.41, 5.74) is 0.259. The lowest BCUT2D eigenvalue weighted by Crippen LogP contribution is -2.36. The molecule has 0 saturated carbocycles. The molecule has 0 aromatic heterocycles. The van der Waals surface area contributed by atoms with Crippen LogP contribution in [-0.2, 0) is 4.74 Å². The van der Waals surface area contributed by atoms with Gasteiger partial charge < -0.3 is 15.0 Å². The fourth-order valence-corrected chi connectivity index (χ4v) is 1.73. The largest absolute Gasteiger partial charge is 0.381 e. The molecule has 0 bridgehead atoms. The van der Waals surface area contributed by atoms with E-state index in [1.807, 2.05) is 0 Å². The highest BCUT2D eigenvalue weighted by Crippen LogP contribution is 2.02. The van der Waals surface area contributed by atoms with Crippen molar-refractivity contribution in [1.29, 1.82) is 0 Å². The molecule has 0 heterocycles. The van der Waals surface area contributed by atoms with Crippen LogP contribution in [0.4, 0.5) is 0 Å². The van der Waals surface area contributed by atoms with Crippen LogP contribution in [0.25, 0.3) is 0 Å². The average molecular weight is 258 g/mol. The van der Waals surface area contributed by atoms with Crippen molar-refractivity contribution in [2.45, 2.75) is 58.4 Å². The second-order valence-corrected chi connectivity index (χ2v) is 6.36. The van der Waals surface area contributed by atoms with Crippen LogP contribution in [0.15, 0.2) is 0 Å². The second kappa shape index (κ2) is 10.8. The molecule has 0 fully saturated rings. The molecule has 0 aliphatic carbocycles. The molecule has 0 saturated heterocycles. The van der Waals surface area contributed by atoms with Gasteiger partial charge in [-0.05, 0) is 67.2 Å². The molecule has 0 aliphatic rings. The molecule has 0 amide bonds. The van der Waals surface area contributed by atoms with Crippen molar-refractivity contribution < 1.29 is 4.74 Å². The Morgan fingerprint density at radius 3 is 2.11 bits per heavy atom. The van der Waals surface area contributed by atoms with Crippen LogP contribution < -0.4 is 5.32 Å². The lowest BCUT2D eigenvalue weighted by molar-refractivity contribution is 0.122. The van der Waals surface area contributed by atoms with Gasteiger partial charge in [-0.1, -0.05) is 12.8 Å². The normalized spacial score (nSPS) is 12.3. The third kappa shape index (κ3) is 15.9. The van der Waals surface area contributed by atoms with Crippen molar-refractivity contribution in [3.05, 3.63) is 0 Å². The Bertz CT molecular complexity index is 176. The van der Waals surface area contributed by atoms with Gasteiger partial charge in [0.1, 0.15) is 0 Å². The lowest BCUT2D eigenvalue weighted by atomic mass is 10.1. The quantitative estimate of drug-likeness (QED) is 0.577. The van der Waals surface area contributed by atoms with Gasteiger partial charge in [-0.25, -0.2) is 0 Å². The molecule has 0 rings (SSSR count). The molecule has 0 radical (unpaired) electrons. The minimum atomic E-state index is 0.259. The molecule has 0 aliphatic heterocycles. The SMILES string of the molecule is CN(C)CCCOCCCCCCNC(C)(C)C. The van der Waals surface area contributed by atoms with Gasteiger partial charge in [-0.15, -0.1) is 0 Å². The van der Waals surface area contributed by atoms with E-state index < -0.39 is 0 Å². The molecule has 0 aromatic carbocycles. The fourth-order valence-electron chi connectivity index (χ4n) is 1.73. The van der Waals surface area contributed by atoms with E-state index in [0.717, 1.165) is 32.7 Å². The lowest BCUT2D eigenvalue weighted by Gasteiger charge is -2.20. The molecule has 0 atom stereocenters. The van der Waals surface area contributed by atoms with Crippen molar-refractivity contribution >= 4 is 0 Å². The highest BCUT2D eigenvalue weighted by Gasteiger charge is 2.06. The first-order valence-electron chi connectivity index (χ1n) is 7.39. The van der Waals surface area contributed by atoms with E-state index in [0.29, 0.717) is 0 Å². The number of hydrogen-bond acceptors (Lipinski definition) is 3. The van der Waals surface area contributed by atoms with Crippen molar-refractivity contribution in [2.24, 2.45) is 0 Å². The van der Waals surface area contributed by atoms with Crippen molar-refractivity contribution in [3.63, 3.8) is 0 Å². The molecule has 3 heteroatoms. The maximum atomic E-state index is 5.60. The summed E-state index contributed by atoms with van der Waals surface area (Å²) in [6, 6.07) is 0. The van der Waals surface area contributed by atoms with E-state index in [2.05, 4.69) is 45.1 Å². The molecule has 0 unspecified atom stereocenters. The summed E-state index contributed by atoms with van der Waals surface area (Å²) in [4.78, 5) is 2.20. The first-order chi connectivity index (χ1) is 8.42. The van der Waals surface area contributed by atoms with E-state index in [4.69, 9.17) is 4.74 Å². The van der Waals surface area contributed by atoms with Crippen LogP contribution in [0.5, 0.6) is 0 Å². The number of nitrogens with zero attached hydrogens (tertiary/aromatic N) is 1. The van der Waals surface area contributed by atoms with Crippen LogP contribution in [0.1, 0.15) is 52.9 Å². The molecule has 110 valence electrons. The van der Waals surface area contributed by atoms with Crippen LogP contribution in [-0.4, -0.2) is 50.8 Å². The third-order valence-electron chi connectivity index (χ3n) is 2.76. The number of unbranched alkanes of at least 4 members (excludes halogenated alkanes) is 3. The van der Waals surface area contributed by atoms with Gasteiger partial charge in [-0.3, -0.25) is 0 Å². The Balaban J connectivity index is 3.04. The van der Waals surface area contributed by atoms with Crippen molar-refractivity contribution in [2.75, 3.05) is 40.4 Å². The maximum Gasteiger partial charge on any atom is 0.0478 e. The smallest absolute Gasteiger partial charge is 0.0478 e. The van der Waals surface area contributed by atoms with Gasteiger partial charge >= 0.3 is 0 Å². The number of hydrogen-bond donors (Lipinski definition) is 1. The Kier molecular flexibility index (Phi) is 10.7. The van der Waals surface area contributed by atoms with Gasteiger partial charge in [0.05, 0.1) is 0 Å². The van der Waals surface area contributed by atoms with E-state index in [1.165, 1.54) is 25.7 Å². The molecule has 1 N–H and O–H groups in total. The third-order valence-corrected chi connectivity index (χ3v) is 2.76. The minimum absolute atomic E-state index is 0.259. The minimum Gasteiger partial charge on any atom is -0.381 e. The number of rotatable bonds is 11. The highest BCUT2D eigenvalue weighted by atomic mass is 16.5. The zero-order valence-corrected chi connectivity index (χ0v) is 13.2. The zero-order chi connectivity index (χ0) is 13.9. The standard InChI is InChI=1S/C15H34N2O/c1-15(2,3)16-11-8-6-7-9-13-18-14-10-12-17(4)5/h16H,6-14H2,1-5H3. The molecule has 3 nitrogen and oxygen atoms in total. The molecular weight excluding hydrogens is 224 g/mol. The first-order valence-corrected chi connectivity index (χ1v) is 7.39. The second-order valence-electron chi connectivity index (χ2n) is 6.36. The Morgan fingerprint density at radius 2 is 1.50 bits per heavy atom. The number of nitrogens with one attached hydrogen (secondary N) is 1.